The van der Waals surface area contributed by atoms with Gasteiger partial charge in [0.25, 0.3) is 0 Å². The quantitative estimate of drug-likeness (QED) is 0.862. The Morgan fingerprint density at radius 2 is 1.71 bits per heavy atom. The van der Waals surface area contributed by atoms with E-state index in [0.717, 1.165) is 6.07 Å². The molecule has 0 unspecified atom stereocenters. The fourth-order valence-electron chi connectivity index (χ4n) is 2.17. The second-order valence-electron chi connectivity index (χ2n) is 4.92. The zero-order valence-electron chi connectivity index (χ0n) is 12.0. The Labute approximate surface area is 121 Å². The topological polar surface area (TPSA) is 37.8 Å². The maximum Gasteiger partial charge on any atom is 0.161 e. The molecule has 0 saturated carbocycles. The van der Waals surface area contributed by atoms with E-state index in [1.165, 1.54) is 6.33 Å². The van der Waals surface area contributed by atoms with E-state index in [1.807, 2.05) is 20.8 Å². The first-order valence-electron chi connectivity index (χ1n) is 6.69. The minimum atomic E-state index is -1.22. The Morgan fingerprint density at radius 3 is 2.33 bits per heavy atom. The molecule has 2 aromatic rings. The first kappa shape index (κ1) is 15.3. The van der Waals surface area contributed by atoms with Crippen LogP contribution >= 0.6 is 0 Å². The number of rotatable bonds is 4. The molecule has 0 amide bonds. The molecule has 2 rings (SSSR count). The van der Waals surface area contributed by atoms with Gasteiger partial charge in [-0.2, -0.15) is 0 Å². The van der Waals surface area contributed by atoms with Crippen LogP contribution in [0.15, 0.2) is 18.5 Å². The lowest BCUT2D eigenvalue weighted by Gasteiger charge is -2.17. The van der Waals surface area contributed by atoms with Crippen molar-refractivity contribution in [2.75, 3.05) is 11.9 Å². The monoisotopic (exact) mass is 295 g/mol. The minimum Gasteiger partial charge on any atom is -0.370 e. The molecule has 0 radical (unpaired) electrons. The lowest BCUT2D eigenvalue weighted by Crippen LogP contribution is -2.08. The van der Waals surface area contributed by atoms with Crippen LogP contribution in [0.4, 0.5) is 19.0 Å². The van der Waals surface area contributed by atoms with Crippen LogP contribution in [0.2, 0.25) is 0 Å². The van der Waals surface area contributed by atoms with E-state index in [-0.39, 0.29) is 17.2 Å². The molecule has 0 atom stereocenters. The van der Waals surface area contributed by atoms with Gasteiger partial charge in [0.05, 0.1) is 5.69 Å². The van der Waals surface area contributed by atoms with Crippen molar-refractivity contribution in [3.05, 3.63) is 41.5 Å². The zero-order chi connectivity index (χ0) is 15.6. The molecule has 0 bridgehead atoms. The summed E-state index contributed by atoms with van der Waals surface area (Å²) < 4.78 is 40.5. The van der Waals surface area contributed by atoms with Crippen LogP contribution in [0.25, 0.3) is 11.3 Å². The predicted molar refractivity (Wildman–Crippen MR) is 75.6 cm³/mol. The highest BCUT2D eigenvalue weighted by atomic mass is 19.2. The van der Waals surface area contributed by atoms with Gasteiger partial charge in [0.2, 0.25) is 0 Å². The average Bonchev–Trinajstić information content (AvgIpc) is 2.42. The third-order valence-electron chi connectivity index (χ3n) is 3.07. The van der Waals surface area contributed by atoms with Crippen LogP contribution in [0.5, 0.6) is 0 Å². The summed E-state index contributed by atoms with van der Waals surface area (Å²) in [5.74, 6) is -2.62. The molecule has 1 heterocycles. The average molecular weight is 295 g/mol. The van der Waals surface area contributed by atoms with E-state index in [4.69, 9.17) is 0 Å². The second-order valence-corrected chi connectivity index (χ2v) is 4.92. The Balaban J connectivity index is 2.69. The fraction of sp³-hybridized carbons (Fsp3) is 0.333. The smallest absolute Gasteiger partial charge is 0.161 e. The fourth-order valence-corrected chi connectivity index (χ4v) is 2.17. The van der Waals surface area contributed by atoms with Gasteiger partial charge in [-0.1, -0.05) is 13.8 Å². The predicted octanol–water partition coefficient (Wildman–Crippen LogP) is 4.12. The summed E-state index contributed by atoms with van der Waals surface area (Å²) in [5, 5.41) is 3.07. The zero-order valence-corrected chi connectivity index (χ0v) is 12.0. The highest BCUT2D eigenvalue weighted by Crippen LogP contribution is 2.33. The van der Waals surface area contributed by atoms with E-state index < -0.39 is 17.5 Å². The number of benzene rings is 1. The number of aromatic nitrogens is 2. The minimum absolute atomic E-state index is 0.0113. The normalized spacial score (nSPS) is 11.0. The number of nitrogens with zero attached hydrogens (tertiary/aromatic N) is 2. The van der Waals surface area contributed by atoms with Crippen LogP contribution in [0, 0.1) is 17.5 Å². The molecular formula is C15H16F3N3. The highest BCUT2D eigenvalue weighted by molar-refractivity contribution is 5.69. The molecule has 21 heavy (non-hydrogen) atoms. The van der Waals surface area contributed by atoms with Gasteiger partial charge in [-0.3, -0.25) is 0 Å². The molecule has 1 aromatic carbocycles. The van der Waals surface area contributed by atoms with Crippen molar-refractivity contribution < 1.29 is 13.2 Å². The molecule has 0 aliphatic heterocycles. The molecule has 0 saturated heterocycles. The number of anilines is 1. The van der Waals surface area contributed by atoms with Crippen molar-refractivity contribution in [1.29, 1.82) is 0 Å². The molecular weight excluding hydrogens is 279 g/mol. The summed E-state index contributed by atoms with van der Waals surface area (Å²) in [6, 6.07) is 1.36. The van der Waals surface area contributed by atoms with Gasteiger partial charge < -0.3 is 5.32 Å². The SMILES string of the molecule is CCNc1ncnc(-c2cc(F)c(F)cc2F)c1C(C)C. The van der Waals surface area contributed by atoms with E-state index in [9.17, 15) is 13.2 Å². The largest absolute Gasteiger partial charge is 0.370 e. The van der Waals surface area contributed by atoms with Gasteiger partial charge >= 0.3 is 0 Å². The van der Waals surface area contributed by atoms with Crippen LogP contribution in [-0.2, 0) is 0 Å². The van der Waals surface area contributed by atoms with Crippen molar-refractivity contribution in [2.24, 2.45) is 0 Å². The number of hydrogen-bond donors (Lipinski definition) is 1. The Bertz CT molecular complexity index is 657. The summed E-state index contributed by atoms with van der Waals surface area (Å²) in [6.45, 7) is 6.35. The summed E-state index contributed by atoms with van der Waals surface area (Å²) in [4.78, 5) is 8.20. The van der Waals surface area contributed by atoms with E-state index in [1.54, 1.807) is 0 Å². The number of halogens is 3. The van der Waals surface area contributed by atoms with Crippen molar-refractivity contribution in [3.8, 4) is 11.3 Å². The van der Waals surface area contributed by atoms with Gasteiger partial charge in [-0.05, 0) is 18.9 Å². The molecule has 1 aromatic heterocycles. The standard InChI is InChI=1S/C15H16F3N3/c1-4-19-15-13(8(2)3)14(20-7-21-15)9-5-11(17)12(18)6-10(9)16/h5-8H,4H2,1-3H3,(H,19,20,21). The first-order valence-corrected chi connectivity index (χ1v) is 6.69. The van der Waals surface area contributed by atoms with Crippen LogP contribution < -0.4 is 5.32 Å². The van der Waals surface area contributed by atoms with E-state index in [0.29, 0.717) is 24.0 Å². The van der Waals surface area contributed by atoms with Gasteiger partial charge in [0, 0.05) is 23.7 Å². The van der Waals surface area contributed by atoms with Crippen molar-refractivity contribution in [1.82, 2.24) is 9.97 Å². The molecule has 112 valence electrons. The maximum absolute atomic E-state index is 14.0. The first-order chi connectivity index (χ1) is 9.95. The summed E-state index contributed by atoms with van der Waals surface area (Å²) >= 11 is 0. The van der Waals surface area contributed by atoms with Crippen molar-refractivity contribution in [2.45, 2.75) is 26.7 Å². The molecule has 0 fully saturated rings. The summed E-state index contributed by atoms with van der Waals surface area (Å²) in [7, 11) is 0. The Morgan fingerprint density at radius 1 is 1.05 bits per heavy atom. The van der Waals surface area contributed by atoms with Gasteiger partial charge in [0.15, 0.2) is 11.6 Å². The lowest BCUT2D eigenvalue weighted by atomic mass is 9.97. The molecule has 0 aliphatic rings. The van der Waals surface area contributed by atoms with Gasteiger partial charge in [-0.25, -0.2) is 23.1 Å². The molecule has 3 nitrogen and oxygen atoms in total. The van der Waals surface area contributed by atoms with Gasteiger partial charge in [0.1, 0.15) is 18.0 Å². The number of hydrogen-bond acceptors (Lipinski definition) is 3. The van der Waals surface area contributed by atoms with Crippen molar-refractivity contribution in [3.63, 3.8) is 0 Å². The molecule has 1 N–H and O–H groups in total. The number of nitrogens with one attached hydrogen (secondary N) is 1. The Kier molecular flexibility index (Phi) is 4.45. The Hall–Kier alpha value is -2.11. The second kappa shape index (κ2) is 6.11. The van der Waals surface area contributed by atoms with Crippen LogP contribution in [-0.4, -0.2) is 16.5 Å². The van der Waals surface area contributed by atoms with Crippen LogP contribution in [0.3, 0.4) is 0 Å². The molecule has 0 spiro atoms. The molecule has 6 heteroatoms. The van der Waals surface area contributed by atoms with Crippen LogP contribution in [0.1, 0.15) is 32.3 Å². The summed E-state index contributed by atoms with van der Waals surface area (Å²) in [6.07, 6.45) is 1.28. The maximum atomic E-state index is 14.0. The van der Waals surface area contributed by atoms with Gasteiger partial charge in [-0.15, -0.1) is 0 Å². The lowest BCUT2D eigenvalue weighted by molar-refractivity contribution is 0.496. The van der Waals surface area contributed by atoms with E-state index >= 15 is 0 Å². The third-order valence-corrected chi connectivity index (χ3v) is 3.07. The molecule has 0 aliphatic carbocycles. The highest BCUT2D eigenvalue weighted by Gasteiger charge is 2.20. The van der Waals surface area contributed by atoms with E-state index in [2.05, 4.69) is 15.3 Å². The van der Waals surface area contributed by atoms with Crippen molar-refractivity contribution >= 4 is 5.82 Å². The third kappa shape index (κ3) is 2.99. The summed E-state index contributed by atoms with van der Waals surface area (Å²) in [5.41, 5.74) is 0.871.